The van der Waals surface area contributed by atoms with Crippen molar-refractivity contribution >= 4 is 11.9 Å². The molecule has 6 heteroatoms. The van der Waals surface area contributed by atoms with Gasteiger partial charge >= 0.3 is 11.9 Å². The molecule has 0 saturated carbocycles. The molecule has 3 N–H and O–H groups in total. The highest BCUT2D eigenvalue weighted by Gasteiger charge is 2.02. The lowest BCUT2D eigenvalue weighted by Crippen LogP contribution is -2.36. The van der Waals surface area contributed by atoms with E-state index in [2.05, 4.69) is 21.1 Å². The molecule has 88 valence electrons. The number of nitrogens with zero attached hydrogens (tertiary/aromatic N) is 1. The fraction of sp³-hybridized carbons (Fsp3) is 0.556. The van der Waals surface area contributed by atoms with Crippen LogP contribution < -0.4 is 0 Å². The second-order valence-electron chi connectivity index (χ2n) is 3.75. The van der Waals surface area contributed by atoms with E-state index >= 15 is 0 Å². The molecule has 0 unspecified atom stereocenters. The number of hydrogen-bond donors (Lipinski definition) is 3. The summed E-state index contributed by atoms with van der Waals surface area (Å²) < 4.78 is 0.844. The van der Waals surface area contributed by atoms with E-state index in [9.17, 15) is 9.59 Å². The maximum atomic E-state index is 9.55. The molecular weight excluding hydrogens is 202 g/mol. The van der Waals surface area contributed by atoms with Gasteiger partial charge in [-0.3, -0.25) is 0 Å². The van der Waals surface area contributed by atoms with Crippen LogP contribution in [0, 0.1) is 0 Å². The largest absolute Gasteiger partial charge is 0.478 e. The molecule has 0 aliphatic heterocycles. The minimum Gasteiger partial charge on any atom is -0.478 e. The summed E-state index contributed by atoms with van der Waals surface area (Å²) in [5.74, 6) is -2.51. The third kappa shape index (κ3) is 24.5. The summed E-state index contributed by atoms with van der Waals surface area (Å²) in [4.78, 5) is 19.1. The highest BCUT2D eigenvalue weighted by atomic mass is 16.4. The van der Waals surface area contributed by atoms with Gasteiger partial charge in [0.15, 0.2) is 0 Å². The molecule has 0 atom stereocenters. The second-order valence-corrected chi connectivity index (χ2v) is 3.75. The summed E-state index contributed by atoms with van der Waals surface area (Å²) >= 11 is 0. The zero-order chi connectivity index (χ0) is 12.5. The first-order valence-electron chi connectivity index (χ1n) is 4.24. The van der Waals surface area contributed by atoms with Crippen LogP contribution in [-0.2, 0) is 9.59 Å². The Labute approximate surface area is 88.7 Å². The third-order valence-electron chi connectivity index (χ3n) is 1.14. The molecule has 6 nitrogen and oxygen atoms in total. The Morgan fingerprint density at radius 1 is 1.07 bits per heavy atom. The van der Waals surface area contributed by atoms with Crippen LogP contribution in [0.3, 0.4) is 0 Å². The van der Waals surface area contributed by atoms with Crippen molar-refractivity contribution in [3.05, 3.63) is 12.2 Å². The quantitative estimate of drug-likeness (QED) is 0.434. The Balaban J connectivity index is 0. The maximum Gasteiger partial charge on any atom is 0.328 e. The van der Waals surface area contributed by atoms with Crippen molar-refractivity contribution < 1.29 is 29.4 Å². The SMILES string of the molecule is C[N+](C)(C)CCO.O=C(O)/C=C/C(=O)O. The first-order chi connectivity index (χ1) is 6.69. The summed E-state index contributed by atoms with van der Waals surface area (Å²) in [5, 5.41) is 24.0. The molecule has 0 heterocycles. The van der Waals surface area contributed by atoms with E-state index in [1.54, 1.807) is 0 Å². The lowest BCUT2D eigenvalue weighted by Gasteiger charge is -2.21. The predicted molar refractivity (Wildman–Crippen MR) is 54.4 cm³/mol. The van der Waals surface area contributed by atoms with Gasteiger partial charge in [-0.15, -0.1) is 0 Å². The van der Waals surface area contributed by atoms with Crippen LogP contribution in [0.5, 0.6) is 0 Å². The molecule has 0 aromatic heterocycles. The van der Waals surface area contributed by atoms with Gasteiger partial charge in [0.25, 0.3) is 0 Å². The van der Waals surface area contributed by atoms with Crippen LogP contribution in [0.25, 0.3) is 0 Å². The molecule has 0 aliphatic carbocycles. The molecule has 0 saturated heterocycles. The molecule has 0 aromatic carbocycles. The fourth-order valence-corrected chi connectivity index (χ4v) is 0.443. The molecule has 0 spiro atoms. The maximum absolute atomic E-state index is 9.55. The van der Waals surface area contributed by atoms with E-state index < -0.39 is 11.9 Å². The number of carboxylic acid groups (broad SMARTS) is 2. The molecule has 0 aromatic rings. The number of aliphatic hydroxyl groups excluding tert-OH is 1. The van der Waals surface area contributed by atoms with Gasteiger partial charge in [-0.05, 0) is 0 Å². The minimum atomic E-state index is -1.26. The summed E-state index contributed by atoms with van der Waals surface area (Å²) in [7, 11) is 6.16. The Bertz CT molecular complexity index is 213. The van der Waals surface area contributed by atoms with Gasteiger partial charge in [0, 0.05) is 12.2 Å². The highest BCUT2D eigenvalue weighted by molar-refractivity contribution is 5.89. The minimum absolute atomic E-state index is 0.281. The van der Waals surface area contributed by atoms with Crippen LogP contribution in [0.2, 0.25) is 0 Å². The fourth-order valence-electron chi connectivity index (χ4n) is 0.443. The zero-order valence-electron chi connectivity index (χ0n) is 9.17. The lowest BCUT2D eigenvalue weighted by molar-refractivity contribution is -0.870. The van der Waals surface area contributed by atoms with Crippen molar-refractivity contribution in [1.29, 1.82) is 0 Å². The van der Waals surface area contributed by atoms with Gasteiger partial charge in [0.2, 0.25) is 0 Å². The number of quaternary nitrogens is 1. The van der Waals surface area contributed by atoms with Crippen LogP contribution >= 0.6 is 0 Å². The summed E-state index contributed by atoms with van der Waals surface area (Å²) in [5.41, 5.74) is 0. The van der Waals surface area contributed by atoms with Crippen molar-refractivity contribution in [2.75, 3.05) is 34.3 Å². The highest BCUT2D eigenvalue weighted by Crippen LogP contribution is 1.84. The molecule has 0 amide bonds. The lowest BCUT2D eigenvalue weighted by atomic mass is 10.5. The number of hydrogen-bond acceptors (Lipinski definition) is 3. The molecule has 0 fully saturated rings. The first kappa shape index (κ1) is 16.0. The van der Waals surface area contributed by atoms with E-state index in [0.717, 1.165) is 11.0 Å². The van der Waals surface area contributed by atoms with Crippen LogP contribution in [0.4, 0.5) is 0 Å². The Morgan fingerprint density at radius 3 is 1.47 bits per heavy atom. The van der Waals surface area contributed by atoms with Crippen molar-refractivity contribution in [3.8, 4) is 0 Å². The van der Waals surface area contributed by atoms with E-state index in [1.807, 2.05) is 0 Å². The van der Waals surface area contributed by atoms with E-state index in [4.69, 9.17) is 15.3 Å². The zero-order valence-corrected chi connectivity index (χ0v) is 9.17. The summed E-state index contributed by atoms with van der Waals surface area (Å²) in [6.07, 6.45) is 1.12. The van der Waals surface area contributed by atoms with Gasteiger partial charge in [-0.1, -0.05) is 0 Å². The van der Waals surface area contributed by atoms with E-state index in [-0.39, 0.29) is 6.61 Å². The van der Waals surface area contributed by atoms with Crippen molar-refractivity contribution in [2.24, 2.45) is 0 Å². The number of aliphatic hydroxyl groups is 1. The van der Waals surface area contributed by atoms with Gasteiger partial charge in [-0.25, -0.2) is 9.59 Å². The van der Waals surface area contributed by atoms with Crippen molar-refractivity contribution in [3.63, 3.8) is 0 Å². The average molecular weight is 220 g/mol. The molecular formula is C9H18NO5+. The first-order valence-corrected chi connectivity index (χ1v) is 4.24. The standard InChI is InChI=1S/C5H14NO.C4H4O4/c1-6(2,3)4-5-7;5-3(6)1-2-4(7)8/h7H,4-5H2,1-3H3;1-2H,(H,5,6)(H,7,8)/q+1;/b;2-1+. The molecule has 0 aliphatic rings. The Morgan fingerprint density at radius 2 is 1.40 bits per heavy atom. The number of likely N-dealkylation sites (N-methyl/N-ethyl adjacent to an activating group) is 1. The Kier molecular flexibility index (Phi) is 8.51. The van der Waals surface area contributed by atoms with Crippen LogP contribution in [0.1, 0.15) is 0 Å². The number of carbonyl (C=O) groups is 2. The van der Waals surface area contributed by atoms with Gasteiger partial charge in [0.1, 0.15) is 6.54 Å². The molecule has 0 rings (SSSR count). The summed E-state index contributed by atoms with van der Waals surface area (Å²) in [6, 6.07) is 0. The number of aliphatic carboxylic acids is 2. The van der Waals surface area contributed by atoms with Gasteiger partial charge in [0.05, 0.1) is 27.7 Å². The average Bonchev–Trinajstić information content (AvgIpc) is 1.99. The van der Waals surface area contributed by atoms with Crippen LogP contribution in [-0.4, -0.2) is 66.0 Å². The van der Waals surface area contributed by atoms with Crippen molar-refractivity contribution in [1.82, 2.24) is 0 Å². The summed E-state index contributed by atoms with van der Waals surface area (Å²) in [6.45, 7) is 1.11. The van der Waals surface area contributed by atoms with E-state index in [1.165, 1.54) is 0 Å². The number of rotatable bonds is 4. The Hall–Kier alpha value is -1.40. The van der Waals surface area contributed by atoms with Gasteiger partial charge in [-0.2, -0.15) is 0 Å². The predicted octanol–water partition coefficient (Wildman–Crippen LogP) is -0.603. The van der Waals surface area contributed by atoms with Crippen molar-refractivity contribution in [2.45, 2.75) is 0 Å². The topological polar surface area (TPSA) is 94.8 Å². The second kappa shape index (κ2) is 7.95. The smallest absolute Gasteiger partial charge is 0.328 e. The monoisotopic (exact) mass is 220 g/mol. The van der Waals surface area contributed by atoms with Crippen LogP contribution in [0.15, 0.2) is 12.2 Å². The number of carboxylic acids is 2. The molecule has 0 radical (unpaired) electrons. The normalized spacial score (nSPS) is 10.7. The van der Waals surface area contributed by atoms with E-state index in [0.29, 0.717) is 12.2 Å². The molecule has 0 bridgehead atoms. The third-order valence-corrected chi connectivity index (χ3v) is 1.14. The molecule has 15 heavy (non-hydrogen) atoms. The van der Waals surface area contributed by atoms with Gasteiger partial charge < -0.3 is 19.8 Å².